The molecule has 0 saturated carbocycles. The van der Waals surface area contributed by atoms with E-state index in [4.69, 9.17) is 4.74 Å². The van der Waals surface area contributed by atoms with Crippen molar-refractivity contribution in [3.8, 4) is 0 Å². The molecule has 2 rings (SSSR count). The monoisotopic (exact) mass is 349 g/mol. The Kier molecular flexibility index (Phi) is 7.43. The molecular formula is C17H27N5O3. The van der Waals surface area contributed by atoms with E-state index in [9.17, 15) is 9.59 Å². The van der Waals surface area contributed by atoms with Crippen LogP contribution >= 0.6 is 0 Å². The van der Waals surface area contributed by atoms with Crippen LogP contribution in [0, 0.1) is 0 Å². The van der Waals surface area contributed by atoms with E-state index in [2.05, 4.69) is 27.5 Å². The molecule has 2 heterocycles. The zero-order valence-electron chi connectivity index (χ0n) is 15.0. The molecule has 1 aliphatic heterocycles. The summed E-state index contributed by atoms with van der Waals surface area (Å²) in [5, 5.41) is 6.10. The van der Waals surface area contributed by atoms with Gasteiger partial charge in [0.2, 0.25) is 5.95 Å². The minimum Gasteiger partial charge on any atom is -0.450 e. The Labute approximate surface area is 148 Å². The number of rotatable bonds is 7. The number of carbonyl (C=O) groups excluding carboxylic acids is 2. The number of nitrogens with zero attached hydrogens (tertiary/aromatic N) is 3. The first-order valence-corrected chi connectivity index (χ1v) is 8.92. The van der Waals surface area contributed by atoms with Crippen molar-refractivity contribution in [2.24, 2.45) is 0 Å². The van der Waals surface area contributed by atoms with E-state index in [1.807, 2.05) is 0 Å². The lowest BCUT2D eigenvalue weighted by atomic mass is 10.1. The summed E-state index contributed by atoms with van der Waals surface area (Å²) in [6.45, 7) is 6.23. The number of piperidine rings is 1. The smallest absolute Gasteiger partial charge is 0.409 e. The van der Waals surface area contributed by atoms with Crippen LogP contribution in [0.3, 0.4) is 0 Å². The Hall–Kier alpha value is -2.38. The van der Waals surface area contributed by atoms with Crippen molar-refractivity contribution in [3.63, 3.8) is 0 Å². The number of carbonyl (C=O) groups is 2. The van der Waals surface area contributed by atoms with Gasteiger partial charge in [0.15, 0.2) is 0 Å². The Morgan fingerprint density at radius 1 is 1.24 bits per heavy atom. The van der Waals surface area contributed by atoms with Crippen molar-refractivity contribution in [1.82, 2.24) is 20.2 Å². The minimum absolute atomic E-state index is 0.150. The third-order valence-electron chi connectivity index (χ3n) is 4.08. The number of anilines is 1. The van der Waals surface area contributed by atoms with Crippen molar-refractivity contribution in [2.45, 2.75) is 45.6 Å². The van der Waals surface area contributed by atoms with Crippen LogP contribution < -0.4 is 10.6 Å². The third kappa shape index (κ3) is 5.88. The number of ether oxygens (including phenoxy) is 1. The first kappa shape index (κ1) is 19.0. The van der Waals surface area contributed by atoms with Crippen LogP contribution in [0.5, 0.6) is 0 Å². The summed E-state index contributed by atoms with van der Waals surface area (Å²) >= 11 is 0. The highest BCUT2D eigenvalue weighted by molar-refractivity contribution is 5.93. The van der Waals surface area contributed by atoms with Crippen LogP contribution in [-0.2, 0) is 4.74 Å². The molecule has 25 heavy (non-hydrogen) atoms. The SMILES string of the molecule is CCCCNC(=O)c1cnc(NC2CCN(C(=O)OCC)CC2)nc1. The average Bonchev–Trinajstić information content (AvgIpc) is 2.63. The van der Waals surface area contributed by atoms with Crippen molar-refractivity contribution < 1.29 is 14.3 Å². The molecule has 0 bridgehead atoms. The number of amides is 2. The summed E-state index contributed by atoms with van der Waals surface area (Å²) in [4.78, 5) is 33.7. The molecule has 1 fully saturated rings. The fourth-order valence-corrected chi connectivity index (χ4v) is 2.60. The van der Waals surface area contributed by atoms with Crippen LogP contribution in [0.25, 0.3) is 0 Å². The summed E-state index contributed by atoms with van der Waals surface area (Å²) in [5.41, 5.74) is 0.457. The number of likely N-dealkylation sites (tertiary alicyclic amines) is 1. The predicted molar refractivity (Wildman–Crippen MR) is 94.5 cm³/mol. The Morgan fingerprint density at radius 3 is 2.52 bits per heavy atom. The number of hydrogen-bond acceptors (Lipinski definition) is 6. The van der Waals surface area contributed by atoms with E-state index in [0.29, 0.717) is 37.8 Å². The quantitative estimate of drug-likeness (QED) is 0.731. The van der Waals surface area contributed by atoms with Gasteiger partial charge in [0, 0.05) is 38.1 Å². The highest BCUT2D eigenvalue weighted by Gasteiger charge is 2.23. The molecule has 1 aromatic rings. The second kappa shape index (κ2) is 9.80. The van der Waals surface area contributed by atoms with E-state index in [-0.39, 0.29) is 18.0 Å². The van der Waals surface area contributed by atoms with Crippen LogP contribution in [0.1, 0.15) is 49.9 Å². The summed E-state index contributed by atoms with van der Waals surface area (Å²) in [7, 11) is 0. The molecule has 1 aromatic heterocycles. The summed E-state index contributed by atoms with van der Waals surface area (Å²) in [6.07, 6.45) is 6.42. The molecule has 1 saturated heterocycles. The van der Waals surface area contributed by atoms with Gasteiger partial charge >= 0.3 is 6.09 Å². The third-order valence-corrected chi connectivity index (χ3v) is 4.08. The van der Waals surface area contributed by atoms with Crippen molar-refractivity contribution in [3.05, 3.63) is 18.0 Å². The lowest BCUT2D eigenvalue weighted by molar-refractivity contribution is 0.0951. The topological polar surface area (TPSA) is 96.5 Å². The maximum absolute atomic E-state index is 11.9. The molecule has 0 atom stereocenters. The highest BCUT2D eigenvalue weighted by atomic mass is 16.6. The minimum atomic E-state index is -0.254. The number of aromatic nitrogens is 2. The predicted octanol–water partition coefficient (Wildman–Crippen LogP) is 2.04. The zero-order valence-corrected chi connectivity index (χ0v) is 15.0. The molecule has 0 unspecified atom stereocenters. The molecule has 1 aliphatic rings. The molecule has 2 N–H and O–H groups in total. The van der Waals surface area contributed by atoms with E-state index in [1.54, 1.807) is 11.8 Å². The van der Waals surface area contributed by atoms with E-state index < -0.39 is 0 Å². The average molecular weight is 349 g/mol. The molecule has 8 heteroatoms. The second-order valence-corrected chi connectivity index (χ2v) is 6.01. The fourth-order valence-electron chi connectivity index (χ4n) is 2.60. The number of nitrogens with one attached hydrogen (secondary N) is 2. The van der Waals surface area contributed by atoms with Gasteiger partial charge in [0.1, 0.15) is 0 Å². The van der Waals surface area contributed by atoms with Gasteiger partial charge in [-0.2, -0.15) is 0 Å². The molecule has 0 spiro atoms. The maximum Gasteiger partial charge on any atom is 0.409 e. The van der Waals surface area contributed by atoms with Gasteiger partial charge in [-0.3, -0.25) is 4.79 Å². The number of hydrogen-bond donors (Lipinski definition) is 2. The van der Waals surface area contributed by atoms with Gasteiger partial charge in [-0.15, -0.1) is 0 Å². The van der Waals surface area contributed by atoms with Gasteiger partial charge in [0.05, 0.1) is 12.2 Å². The summed E-state index contributed by atoms with van der Waals surface area (Å²) < 4.78 is 5.01. The molecule has 138 valence electrons. The molecule has 0 aromatic carbocycles. The van der Waals surface area contributed by atoms with Crippen LogP contribution in [0.2, 0.25) is 0 Å². The molecule has 8 nitrogen and oxygen atoms in total. The first-order valence-electron chi connectivity index (χ1n) is 8.92. The van der Waals surface area contributed by atoms with Gasteiger partial charge in [0.25, 0.3) is 5.91 Å². The normalized spacial score (nSPS) is 14.9. The Bertz CT molecular complexity index is 556. The number of unbranched alkanes of at least 4 members (excludes halogenated alkanes) is 1. The highest BCUT2D eigenvalue weighted by Crippen LogP contribution is 2.15. The van der Waals surface area contributed by atoms with Crippen LogP contribution in [0.4, 0.5) is 10.7 Å². The summed E-state index contributed by atoms with van der Waals surface area (Å²) in [6, 6.07) is 0.204. The van der Waals surface area contributed by atoms with E-state index in [1.165, 1.54) is 12.4 Å². The first-order chi connectivity index (χ1) is 12.1. The molecule has 2 amide bonds. The Balaban J connectivity index is 1.78. The zero-order chi connectivity index (χ0) is 18.1. The molecular weight excluding hydrogens is 322 g/mol. The Morgan fingerprint density at radius 2 is 1.92 bits per heavy atom. The molecule has 0 aliphatic carbocycles. The van der Waals surface area contributed by atoms with Crippen molar-refractivity contribution in [2.75, 3.05) is 31.6 Å². The largest absolute Gasteiger partial charge is 0.450 e. The van der Waals surface area contributed by atoms with Gasteiger partial charge < -0.3 is 20.3 Å². The van der Waals surface area contributed by atoms with Crippen LogP contribution in [-0.4, -0.2) is 59.2 Å². The van der Waals surface area contributed by atoms with Crippen LogP contribution in [0.15, 0.2) is 12.4 Å². The van der Waals surface area contributed by atoms with Gasteiger partial charge in [-0.25, -0.2) is 14.8 Å². The van der Waals surface area contributed by atoms with Crippen molar-refractivity contribution in [1.29, 1.82) is 0 Å². The van der Waals surface area contributed by atoms with E-state index in [0.717, 1.165) is 25.7 Å². The lowest BCUT2D eigenvalue weighted by Gasteiger charge is -2.31. The van der Waals surface area contributed by atoms with E-state index >= 15 is 0 Å². The maximum atomic E-state index is 11.9. The second-order valence-electron chi connectivity index (χ2n) is 6.01. The van der Waals surface area contributed by atoms with Gasteiger partial charge in [-0.05, 0) is 26.2 Å². The molecule has 0 radical (unpaired) electrons. The van der Waals surface area contributed by atoms with Gasteiger partial charge in [-0.1, -0.05) is 13.3 Å². The lowest BCUT2D eigenvalue weighted by Crippen LogP contribution is -2.42. The fraction of sp³-hybridized carbons (Fsp3) is 0.647. The standard InChI is InChI=1S/C17H27N5O3/c1-3-5-8-18-15(23)13-11-19-16(20-12-13)21-14-6-9-22(10-7-14)17(24)25-4-2/h11-12,14H,3-10H2,1-2H3,(H,18,23)(H,19,20,21). The van der Waals surface area contributed by atoms with Crippen molar-refractivity contribution >= 4 is 17.9 Å². The summed E-state index contributed by atoms with van der Waals surface area (Å²) in [5.74, 6) is 0.349.